The maximum Gasteiger partial charge on any atom is 0.0761 e. The number of nitrogens with one attached hydrogen (secondary N) is 1. The molecule has 0 bridgehead atoms. The summed E-state index contributed by atoms with van der Waals surface area (Å²) in [6, 6.07) is 8.61. The molecule has 1 aromatic heterocycles. The Bertz CT molecular complexity index is 588. The van der Waals surface area contributed by atoms with E-state index >= 15 is 0 Å². The third kappa shape index (κ3) is 3.23. The fraction of sp³-hybridized carbons (Fsp3) is 0.400. The molecule has 5 heteroatoms. The number of nitrogens with zero attached hydrogens (tertiary/aromatic N) is 2. The van der Waals surface area contributed by atoms with Gasteiger partial charge in [0.05, 0.1) is 5.52 Å². The third-order valence-corrected chi connectivity index (χ3v) is 3.98. The first-order valence-electron chi connectivity index (χ1n) is 6.72. The largest absolute Gasteiger partial charge is 0.312 e. The van der Waals surface area contributed by atoms with Gasteiger partial charge >= 0.3 is 0 Å². The lowest BCUT2D eigenvalue weighted by molar-refractivity contribution is 0.200. The number of hydrogen-bond donors (Lipinski definition) is 1. The molecule has 20 heavy (non-hydrogen) atoms. The molecule has 1 saturated heterocycles. The SMILES string of the molecule is C[C@@H]1CN(Cc2ccc(Cl)c3cccnc23)CCN1.Cl. The molecule has 0 amide bonds. The number of pyridine rings is 1. The zero-order valence-corrected chi connectivity index (χ0v) is 13.0. The molecule has 108 valence electrons. The van der Waals surface area contributed by atoms with Crippen molar-refractivity contribution in [2.45, 2.75) is 19.5 Å². The fourth-order valence-corrected chi connectivity index (χ4v) is 2.94. The lowest BCUT2D eigenvalue weighted by Crippen LogP contribution is -2.48. The normalized spacial score (nSPS) is 19.8. The van der Waals surface area contributed by atoms with Crippen LogP contribution in [0, 0.1) is 0 Å². The Labute approximate surface area is 130 Å². The van der Waals surface area contributed by atoms with Crippen LogP contribution >= 0.6 is 24.0 Å². The first-order valence-corrected chi connectivity index (χ1v) is 7.09. The summed E-state index contributed by atoms with van der Waals surface area (Å²) in [6.45, 7) is 6.39. The van der Waals surface area contributed by atoms with E-state index in [4.69, 9.17) is 11.6 Å². The van der Waals surface area contributed by atoms with Crippen molar-refractivity contribution in [3.05, 3.63) is 41.0 Å². The van der Waals surface area contributed by atoms with E-state index < -0.39 is 0 Å². The fourth-order valence-electron chi connectivity index (χ4n) is 2.72. The summed E-state index contributed by atoms with van der Waals surface area (Å²) in [5, 5.41) is 5.29. The highest BCUT2D eigenvalue weighted by Gasteiger charge is 2.17. The maximum atomic E-state index is 6.23. The predicted molar refractivity (Wildman–Crippen MR) is 86.7 cm³/mol. The van der Waals surface area contributed by atoms with Gasteiger partial charge in [-0.2, -0.15) is 0 Å². The Kier molecular flexibility index (Phi) is 5.22. The summed E-state index contributed by atoms with van der Waals surface area (Å²) in [6.07, 6.45) is 1.84. The lowest BCUT2D eigenvalue weighted by atomic mass is 10.1. The number of halogens is 2. The number of benzene rings is 1. The maximum absolute atomic E-state index is 6.23. The highest BCUT2D eigenvalue weighted by molar-refractivity contribution is 6.35. The van der Waals surface area contributed by atoms with Crippen LogP contribution in [0.15, 0.2) is 30.5 Å². The molecule has 1 fully saturated rings. The van der Waals surface area contributed by atoms with Crippen molar-refractivity contribution < 1.29 is 0 Å². The Hall–Kier alpha value is -0.870. The molecule has 3 rings (SSSR count). The molecule has 2 aromatic rings. The van der Waals surface area contributed by atoms with E-state index in [0.717, 1.165) is 42.1 Å². The van der Waals surface area contributed by atoms with Crippen molar-refractivity contribution in [2.75, 3.05) is 19.6 Å². The Balaban J connectivity index is 0.00000147. The standard InChI is InChI=1S/C15H18ClN3.ClH/c1-11-9-19(8-7-17-11)10-12-4-5-14(16)13-3-2-6-18-15(12)13;/h2-6,11,17H,7-10H2,1H3;1H/t11-;/m1./s1. The van der Waals surface area contributed by atoms with Gasteiger partial charge in [0.2, 0.25) is 0 Å². The van der Waals surface area contributed by atoms with Crippen molar-refractivity contribution in [1.29, 1.82) is 0 Å². The minimum Gasteiger partial charge on any atom is -0.312 e. The Morgan fingerprint density at radius 3 is 3.05 bits per heavy atom. The van der Waals surface area contributed by atoms with Crippen LogP contribution in [0.3, 0.4) is 0 Å². The van der Waals surface area contributed by atoms with Gasteiger partial charge < -0.3 is 5.32 Å². The van der Waals surface area contributed by atoms with Crippen LogP contribution in [-0.2, 0) is 6.54 Å². The van der Waals surface area contributed by atoms with E-state index in [-0.39, 0.29) is 12.4 Å². The second kappa shape index (κ2) is 6.72. The third-order valence-electron chi connectivity index (χ3n) is 3.65. The number of rotatable bonds is 2. The van der Waals surface area contributed by atoms with Gasteiger partial charge in [0, 0.05) is 48.8 Å². The van der Waals surface area contributed by atoms with Crippen LogP contribution in [0.2, 0.25) is 5.02 Å². The van der Waals surface area contributed by atoms with Gasteiger partial charge in [-0.25, -0.2) is 0 Å². The molecule has 2 heterocycles. The zero-order chi connectivity index (χ0) is 13.2. The summed E-state index contributed by atoms with van der Waals surface area (Å²) >= 11 is 6.23. The highest BCUT2D eigenvalue weighted by atomic mass is 35.5. The molecule has 0 spiro atoms. The van der Waals surface area contributed by atoms with Crippen molar-refractivity contribution in [3.8, 4) is 0 Å². The molecule has 0 aliphatic carbocycles. The van der Waals surface area contributed by atoms with Crippen LogP contribution in [0.4, 0.5) is 0 Å². The van der Waals surface area contributed by atoms with E-state index in [2.05, 4.69) is 28.2 Å². The Morgan fingerprint density at radius 2 is 2.25 bits per heavy atom. The zero-order valence-electron chi connectivity index (χ0n) is 11.5. The van der Waals surface area contributed by atoms with E-state index in [1.54, 1.807) is 0 Å². The smallest absolute Gasteiger partial charge is 0.0761 e. The lowest BCUT2D eigenvalue weighted by Gasteiger charge is -2.32. The van der Waals surface area contributed by atoms with E-state index in [1.807, 2.05) is 24.4 Å². The van der Waals surface area contributed by atoms with Crippen molar-refractivity contribution in [2.24, 2.45) is 0 Å². The predicted octanol–water partition coefficient (Wildman–Crippen LogP) is 3.10. The summed E-state index contributed by atoms with van der Waals surface area (Å²) in [7, 11) is 0. The van der Waals surface area contributed by atoms with Crippen molar-refractivity contribution in [1.82, 2.24) is 15.2 Å². The average Bonchev–Trinajstić information content (AvgIpc) is 2.42. The average molecular weight is 312 g/mol. The van der Waals surface area contributed by atoms with Crippen LogP contribution < -0.4 is 5.32 Å². The second-order valence-electron chi connectivity index (χ2n) is 5.20. The molecular formula is C15H19Cl2N3. The summed E-state index contributed by atoms with van der Waals surface area (Å²) < 4.78 is 0. The molecule has 0 unspecified atom stereocenters. The minimum atomic E-state index is 0. The van der Waals surface area contributed by atoms with Crippen molar-refractivity contribution in [3.63, 3.8) is 0 Å². The number of aromatic nitrogens is 1. The van der Waals surface area contributed by atoms with Gasteiger partial charge in [-0.3, -0.25) is 9.88 Å². The molecular weight excluding hydrogens is 293 g/mol. The number of hydrogen-bond acceptors (Lipinski definition) is 3. The molecule has 0 saturated carbocycles. The van der Waals surface area contributed by atoms with Crippen molar-refractivity contribution >= 4 is 34.9 Å². The quantitative estimate of drug-likeness (QED) is 0.923. The summed E-state index contributed by atoms with van der Waals surface area (Å²) in [4.78, 5) is 6.97. The first-order chi connectivity index (χ1) is 9.24. The molecule has 1 aromatic carbocycles. The van der Waals surface area contributed by atoms with Gasteiger partial charge in [-0.15, -0.1) is 12.4 Å². The van der Waals surface area contributed by atoms with Gasteiger partial charge in [-0.1, -0.05) is 17.7 Å². The molecule has 1 atom stereocenters. The van der Waals surface area contributed by atoms with Crippen LogP contribution in [0.5, 0.6) is 0 Å². The number of fused-ring (bicyclic) bond motifs is 1. The van der Waals surface area contributed by atoms with Crippen LogP contribution in [0.1, 0.15) is 12.5 Å². The van der Waals surface area contributed by atoms with E-state index in [1.165, 1.54) is 5.56 Å². The minimum absolute atomic E-state index is 0. The number of piperazine rings is 1. The topological polar surface area (TPSA) is 28.2 Å². The Morgan fingerprint density at radius 1 is 1.40 bits per heavy atom. The van der Waals surface area contributed by atoms with E-state index in [9.17, 15) is 0 Å². The van der Waals surface area contributed by atoms with Gasteiger partial charge in [0.15, 0.2) is 0 Å². The van der Waals surface area contributed by atoms with Gasteiger partial charge in [0.25, 0.3) is 0 Å². The summed E-state index contributed by atoms with van der Waals surface area (Å²) in [5.41, 5.74) is 2.29. The second-order valence-corrected chi connectivity index (χ2v) is 5.60. The molecule has 3 nitrogen and oxygen atoms in total. The molecule has 1 aliphatic rings. The van der Waals surface area contributed by atoms with Gasteiger partial charge in [-0.05, 0) is 30.7 Å². The molecule has 0 radical (unpaired) electrons. The van der Waals surface area contributed by atoms with E-state index in [0.29, 0.717) is 6.04 Å². The van der Waals surface area contributed by atoms with Crippen LogP contribution in [-0.4, -0.2) is 35.6 Å². The summed E-state index contributed by atoms with van der Waals surface area (Å²) in [5.74, 6) is 0. The molecule has 1 aliphatic heterocycles. The van der Waals surface area contributed by atoms with Gasteiger partial charge in [0.1, 0.15) is 0 Å². The van der Waals surface area contributed by atoms with Crippen LogP contribution in [0.25, 0.3) is 10.9 Å². The molecule has 1 N–H and O–H groups in total. The highest BCUT2D eigenvalue weighted by Crippen LogP contribution is 2.25. The first kappa shape index (κ1) is 15.5. The monoisotopic (exact) mass is 311 g/mol.